The van der Waals surface area contributed by atoms with Crippen LogP contribution in [0, 0.1) is 0 Å². The van der Waals surface area contributed by atoms with Crippen molar-refractivity contribution in [3.63, 3.8) is 0 Å². The topological polar surface area (TPSA) is 95.7 Å². The molecule has 3 aromatic heterocycles. The smallest absolute Gasteiger partial charge is 0.279 e. The first-order chi connectivity index (χ1) is 8.74. The van der Waals surface area contributed by atoms with Crippen LogP contribution in [0.4, 0.5) is 5.69 Å². The van der Waals surface area contributed by atoms with Crippen molar-refractivity contribution < 1.29 is 4.52 Å². The summed E-state index contributed by atoms with van der Waals surface area (Å²) in [6.07, 6.45) is 3.43. The minimum Gasteiger partial charge on any atom is -0.397 e. The van der Waals surface area contributed by atoms with Crippen molar-refractivity contribution in [2.45, 2.75) is 0 Å². The van der Waals surface area contributed by atoms with Gasteiger partial charge in [-0.2, -0.15) is 10.1 Å². The quantitative estimate of drug-likeness (QED) is 0.723. The van der Waals surface area contributed by atoms with Crippen LogP contribution in [0.1, 0.15) is 0 Å². The van der Waals surface area contributed by atoms with E-state index in [1.54, 1.807) is 35.3 Å². The molecule has 7 nitrogen and oxygen atoms in total. The molecule has 0 radical (unpaired) electrons. The van der Waals surface area contributed by atoms with E-state index in [-0.39, 0.29) is 5.89 Å². The predicted molar refractivity (Wildman–Crippen MR) is 64.1 cm³/mol. The molecule has 0 amide bonds. The van der Waals surface area contributed by atoms with E-state index in [2.05, 4.69) is 20.2 Å². The van der Waals surface area contributed by atoms with Crippen molar-refractivity contribution in [2.75, 3.05) is 5.73 Å². The molecule has 0 atom stereocenters. The van der Waals surface area contributed by atoms with Crippen LogP contribution in [0.5, 0.6) is 0 Å². The van der Waals surface area contributed by atoms with E-state index in [0.29, 0.717) is 22.9 Å². The maximum Gasteiger partial charge on any atom is 0.279 e. The number of nitrogens with two attached hydrogens (primary N) is 1. The SMILES string of the molecule is Cn1ccc(-c2noc(-c3ncccc3N)n2)n1. The van der Waals surface area contributed by atoms with Crippen LogP contribution >= 0.6 is 0 Å². The standard InChI is InChI=1S/C11H10N6O/c1-17-6-4-8(15-17)10-14-11(18-16-10)9-7(12)3-2-5-13-9/h2-6H,12H2,1H3. The van der Waals surface area contributed by atoms with Gasteiger partial charge in [-0.3, -0.25) is 4.68 Å². The molecule has 3 aromatic rings. The monoisotopic (exact) mass is 242 g/mol. The lowest BCUT2D eigenvalue weighted by Gasteiger charge is -1.96. The first-order valence-corrected chi connectivity index (χ1v) is 5.28. The third-order valence-corrected chi connectivity index (χ3v) is 2.41. The Morgan fingerprint density at radius 2 is 2.22 bits per heavy atom. The second kappa shape index (κ2) is 3.95. The van der Waals surface area contributed by atoms with Crippen LogP contribution in [-0.2, 0) is 7.05 Å². The van der Waals surface area contributed by atoms with Gasteiger partial charge in [0.1, 0.15) is 5.69 Å². The number of aromatic nitrogens is 5. The normalized spacial score (nSPS) is 10.7. The minimum absolute atomic E-state index is 0.286. The highest BCUT2D eigenvalue weighted by Crippen LogP contribution is 2.23. The summed E-state index contributed by atoms with van der Waals surface area (Å²) < 4.78 is 6.81. The summed E-state index contributed by atoms with van der Waals surface area (Å²) in [4.78, 5) is 8.34. The zero-order valence-electron chi connectivity index (χ0n) is 9.61. The van der Waals surface area contributed by atoms with Gasteiger partial charge in [-0.05, 0) is 18.2 Å². The maximum absolute atomic E-state index is 5.79. The van der Waals surface area contributed by atoms with Gasteiger partial charge in [-0.1, -0.05) is 5.16 Å². The number of hydrogen-bond acceptors (Lipinski definition) is 6. The summed E-state index contributed by atoms with van der Waals surface area (Å²) in [6, 6.07) is 5.28. The number of aryl methyl sites for hydroxylation is 1. The van der Waals surface area contributed by atoms with E-state index < -0.39 is 0 Å². The number of pyridine rings is 1. The van der Waals surface area contributed by atoms with E-state index in [4.69, 9.17) is 10.3 Å². The van der Waals surface area contributed by atoms with E-state index in [1.807, 2.05) is 7.05 Å². The van der Waals surface area contributed by atoms with Crippen LogP contribution in [0.3, 0.4) is 0 Å². The molecule has 0 bridgehead atoms. The Morgan fingerprint density at radius 1 is 1.33 bits per heavy atom. The molecule has 0 aliphatic carbocycles. The zero-order chi connectivity index (χ0) is 12.5. The van der Waals surface area contributed by atoms with Gasteiger partial charge in [0.2, 0.25) is 5.82 Å². The lowest BCUT2D eigenvalue weighted by Crippen LogP contribution is -1.92. The molecule has 3 heterocycles. The Kier molecular flexibility index (Phi) is 2.30. The van der Waals surface area contributed by atoms with Crippen LogP contribution in [0.25, 0.3) is 23.1 Å². The average Bonchev–Trinajstić information content (AvgIpc) is 2.98. The molecule has 0 aliphatic heterocycles. The van der Waals surface area contributed by atoms with E-state index in [0.717, 1.165) is 0 Å². The predicted octanol–water partition coefficient (Wildman–Crippen LogP) is 1.11. The molecule has 90 valence electrons. The average molecular weight is 242 g/mol. The van der Waals surface area contributed by atoms with Gasteiger partial charge in [0.05, 0.1) is 5.69 Å². The highest BCUT2D eigenvalue weighted by Gasteiger charge is 2.15. The Labute approximate surface area is 102 Å². The first-order valence-electron chi connectivity index (χ1n) is 5.28. The summed E-state index contributed by atoms with van der Waals surface area (Å²) in [5, 5.41) is 8.05. The molecule has 0 saturated heterocycles. The zero-order valence-corrected chi connectivity index (χ0v) is 9.61. The largest absolute Gasteiger partial charge is 0.397 e. The molecule has 2 N–H and O–H groups in total. The second-order valence-corrected chi connectivity index (χ2v) is 3.74. The highest BCUT2D eigenvalue weighted by atomic mass is 16.5. The van der Waals surface area contributed by atoms with Gasteiger partial charge in [0.25, 0.3) is 5.89 Å². The van der Waals surface area contributed by atoms with Crippen LogP contribution < -0.4 is 5.73 Å². The first kappa shape index (κ1) is 10.5. The van der Waals surface area contributed by atoms with Crippen LogP contribution in [-0.4, -0.2) is 24.9 Å². The Balaban J connectivity index is 2.02. The number of rotatable bonds is 2. The third kappa shape index (κ3) is 1.71. The Hall–Kier alpha value is -2.70. The van der Waals surface area contributed by atoms with E-state index >= 15 is 0 Å². The van der Waals surface area contributed by atoms with Gasteiger partial charge in [-0.15, -0.1) is 0 Å². The fourth-order valence-electron chi connectivity index (χ4n) is 1.55. The number of anilines is 1. The van der Waals surface area contributed by atoms with Crippen molar-refractivity contribution in [3.8, 4) is 23.1 Å². The van der Waals surface area contributed by atoms with Crippen LogP contribution in [0.2, 0.25) is 0 Å². The Bertz CT molecular complexity index is 686. The van der Waals surface area contributed by atoms with Crippen LogP contribution in [0.15, 0.2) is 35.1 Å². The highest BCUT2D eigenvalue weighted by molar-refractivity contribution is 5.66. The minimum atomic E-state index is 0.286. The molecule has 0 saturated carbocycles. The van der Waals surface area contributed by atoms with E-state index in [1.165, 1.54) is 0 Å². The van der Waals surface area contributed by atoms with E-state index in [9.17, 15) is 0 Å². The van der Waals surface area contributed by atoms with Crippen molar-refractivity contribution >= 4 is 5.69 Å². The summed E-state index contributed by atoms with van der Waals surface area (Å²) in [6.45, 7) is 0. The van der Waals surface area contributed by atoms with Crippen molar-refractivity contribution in [1.29, 1.82) is 0 Å². The van der Waals surface area contributed by atoms with Gasteiger partial charge in [0, 0.05) is 19.4 Å². The molecule has 0 fully saturated rings. The Morgan fingerprint density at radius 3 is 2.94 bits per heavy atom. The second-order valence-electron chi connectivity index (χ2n) is 3.74. The summed E-state index contributed by atoms with van der Waals surface area (Å²) in [7, 11) is 1.82. The fraction of sp³-hybridized carbons (Fsp3) is 0.0909. The van der Waals surface area contributed by atoms with Gasteiger partial charge in [-0.25, -0.2) is 4.98 Å². The molecule has 0 spiro atoms. The van der Waals surface area contributed by atoms with Crippen molar-refractivity contribution in [3.05, 3.63) is 30.6 Å². The lowest BCUT2D eigenvalue weighted by molar-refractivity contribution is 0.431. The molecule has 7 heteroatoms. The molecule has 18 heavy (non-hydrogen) atoms. The van der Waals surface area contributed by atoms with Gasteiger partial charge in [0.15, 0.2) is 5.69 Å². The third-order valence-electron chi connectivity index (χ3n) is 2.41. The lowest BCUT2D eigenvalue weighted by atomic mass is 10.3. The molecule has 0 aliphatic rings. The molecule has 0 aromatic carbocycles. The molecule has 3 rings (SSSR count). The summed E-state index contributed by atoms with van der Waals surface area (Å²) >= 11 is 0. The summed E-state index contributed by atoms with van der Waals surface area (Å²) in [5.41, 5.74) is 7.41. The molecular formula is C11H10N6O. The summed E-state index contributed by atoms with van der Waals surface area (Å²) in [5.74, 6) is 0.699. The number of nitrogen functional groups attached to an aromatic ring is 1. The van der Waals surface area contributed by atoms with Crippen molar-refractivity contribution in [1.82, 2.24) is 24.9 Å². The van der Waals surface area contributed by atoms with Crippen molar-refractivity contribution in [2.24, 2.45) is 7.05 Å². The van der Waals surface area contributed by atoms with Gasteiger partial charge < -0.3 is 10.3 Å². The number of hydrogen-bond donors (Lipinski definition) is 1. The molecule has 0 unspecified atom stereocenters. The maximum atomic E-state index is 5.79. The number of nitrogens with zero attached hydrogens (tertiary/aromatic N) is 5. The fourth-order valence-corrected chi connectivity index (χ4v) is 1.55. The molecular weight excluding hydrogens is 232 g/mol. The van der Waals surface area contributed by atoms with Gasteiger partial charge >= 0.3 is 0 Å².